The number of hydrogen-bond donors (Lipinski definition) is 2. The summed E-state index contributed by atoms with van der Waals surface area (Å²) in [6.45, 7) is 2.66. The van der Waals surface area contributed by atoms with Crippen molar-refractivity contribution in [3.63, 3.8) is 0 Å². The molecule has 9 nitrogen and oxygen atoms in total. The monoisotopic (exact) mass is 410 g/mol. The Morgan fingerprint density at radius 3 is 2.59 bits per heavy atom. The van der Waals surface area contributed by atoms with Crippen LogP contribution in [0.1, 0.15) is 22.0 Å². The van der Waals surface area contributed by atoms with E-state index < -0.39 is 12.1 Å². The van der Waals surface area contributed by atoms with Gasteiger partial charge in [0.1, 0.15) is 11.5 Å². The third-order valence-electron chi connectivity index (χ3n) is 4.09. The van der Waals surface area contributed by atoms with Gasteiger partial charge in [-0.15, -0.1) is 0 Å². The number of carbonyl (C=O) groups excluding carboxylic acids is 1. The highest BCUT2D eigenvalue weighted by atomic mass is 19.4. The molecule has 2 N–H and O–H groups in total. The van der Waals surface area contributed by atoms with Crippen molar-refractivity contribution in [2.45, 2.75) is 25.8 Å². The van der Waals surface area contributed by atoms with Crippen molar-refractivity contribution in [2.75, 3.05) is 6.54 Å². The van der Waals surface area contributed by atoms with Gasteiger partial charge >= 0.3 is 12.1 Å². The van der Waals surface area contributed by atoms with Gasteiger partial charge in [-0.05, 0) is 18.2 Å². The van der Waals surface area contributed by atoms with Crippen LogP contribution in [-0.4, -0.2) is 58.9 Å². The molecule has 154 valence electrons. The first kappa shape index (κ1) is 20.2. The number of hydrogen-bond acceptors (Lipinski definition) is 4. The number of amides is 1. The van der Waals surface area contributed by atoms with Crippen molar-refractivity contribution in [1.29, 1.82) is 0 Å². The number of aromatic amines is 1. The van der Waals surface area contributed by atoms with Crippen molar-refractivity contribution in [3.05, 3.63) is 60.2 Å². The molecule has 4 heterocycles. The minimum Gasteiger partial charge on any atom is -0.475 e. The number of H-pyrrole nitrogens is 1. The van der Waals surface area contributed by atoms with E-state index in [0.29, 0.717) is 25.3 Å². The molecule has 0 aliphatic carbocycles. The first-order valence-corrected chi connectivity index (χ1v) is 8.49. The number of alkyl halides is 3. The van der Waals surface area contributed by atoms with Gasteiger partial charge in [0.2, 0.25) is 0 Å². The van der Waals surface area contributed by atoms with Crippen LogP contribution >= 0.6 is 0 Å². The first-order valence-electron chi connectivity index (χ1n) is 8.49. The number of carbonyl (C=O) groups is 2. The lowest BCUT2D eigenvalue weighted by Crippen LogP contribution is -2.38. The van der Waals surface area contributed by atoms with Gasteiger partial charge in [-0.25, -0.2) is 9.78 Å². The minimum atomic E-state index is -5.08. The van der Waals surface area contributed by atoms with E-state index in [1.807, 2.05) is 34.1 Å². The van der Waals surface area contributed by atoms with Crippen LogP contribution in [0.25, 0.3) is 0 Å². The van der Waals surface area contributed by atoms with Crippen LogP contribution < -0.4 is 0 Å². The predicted molar refractivity (Wildman–Crippen MR) is 92.8 cm³/mol. The predicted octanol–water partition coefficient (Wildman–Crippen LogP) is 1.75. The van der Waals surface area contributed by atoms with E-state index in [9.17, 15) is 18.0 Å². The fourth-order valence-corrected chi connectivity index (χ4v) is 2.75. The van der Waals surface area contributed by atoms with Gasteiger partial charge in [0.25, 0.3) is 5.91 Å². The number of aromatic nitrogens is 5. The van der Waals surface area contributed by atoms with E-state index in [0.717, 1.165) is 18.1 Å². The Bertz CT molecular complexity index is 963. The van der Waals surface area contributed by atoms with Crippen LogP contribution in [0.5, 0.6) is 0 Å². The van der Waals surface area contributed by atoms with Crippen LogP contribution in [-0.2, 0) is 24.4 Å². The summed E-state index contributed by atoms with van der Waals surface area (Å²) in [6, 6.07) is 5.53. The van der Waals surface area contributed by atoms with Crippen LogP contribution in [0.15, 0.2) is 43.0 Å². The molecule has 1 amide bonds. The molecule has 0 radical (unpaired) electrons. The fourth-order valence-electron chi connectivity index (χ4n) is 2.75. The third kappa shape index (κ3) is 5.03. The average molecular weight is 410 g/mol. The molecule has 0 unspecified atom stereocenters. The lowest BCUT2D eigenvalue weighted by molar-refractivity contribution is -0.192. The number of fused-ring (bicyclic) bond motifs is 1. The summed E-state index contributed by atoms with van der Waals surface area (Å²) in [5.41, 5.74) is 1.59. The van der Waals surface area contributed by atoms with Crippen LogP contribution in [0.3, 0.4) is 0 Å². The molecule has 1 aliphatic heterocycles. The SMILES string of the molecule is O=C(O)C(F)(F)F.O=C(c1ccc[nH]1)N1CCn2cc(Cn3cccn3)nc2C1. The van der Waals surface area contributed by atoms with Gasteiger partial charge in [-0.3, -0.25) is 9.48 Å². The van der Waals surface area contributed by atoms with E-state index >= 15 is 0 Å². The van der Waals surface area contributed by atoms with E-state index in [1.165, 1.54) is 0 Å². The molecule has 29 heavy (non-hydrogen) atoms. The number of imidazole rings is 1. The molecule has 4 rings (SSSR count). The Balaban J connectivity index is 0.000000298. The number of carboxylic acid groups (broad SMARTS) is 1. The standard InChI is InChI=1S/C15H16N6O.C2HF3O2/c22-15(13-3-1-4-16-13)20-8-7-19-9-12(18-14(19)11-20)10-21-6-2-5-17-21;3-2(4,5)1(6)7/h1-6,9,16H,7-8,10-11H2;(H,6,7). The van der Waals surface area contributed by atoms with E-state index in [4.69, 9.17) is 9.90 Å². The first-order chi connectivity index (χ1) is 13.7. The minimum absolute atomic E-state index is 0.0212. The average Bonchev–Trinajstić information content (AvgIpc) is 3.42. The fraction of sp³-hybridized carbons (Fsp3) is 0.294. The van der Waals surface area contributed by atoms with Crippen molar-refractivity contribution in [3.8, 4) is 0 Å². The number of nitrogens with one attached hydrogen (secondary N) is 1. The molecule has 0 saturated carbocycles. The maximum Gasteiger partial charge on any atom is 0.490 e. The summed E-state index contributed by atoms with van der Waals surface area (Å²) < 4.78 is 35.7. The third-order valence-corrected chi connectivity index (χ3v) is 4.09. The Hall–Kier alpha value is -3.57. The Morgan fingerprint density at radius 1 is 1.24 bits per heavy atom. The van der Waals surface area contributed by atoms with Gasteiger partial charge in [0.05, 0.1) is 18.8 Å². The quantitative estimate of drug-likeness (QED) is 0.684. The molecule has 0 bridgehead atoms. The van der Waals surface area contributed by atoms with Gasteiger partial charge in [-0.2, -0.15) is 18.3 Å². The second-order valence-electron chi connectivity index (χ2n) is 6.16. The summed E-state index contributed by atoms with van der Waals surface area (Å²) in [5, 5.41) is 11.3. The van der Waals surface area contributed by atoms with Gasteiger partial charge in [-0.1, -0.05) is 0 Å². The molecule has 12 heteroatoms. The van der Waals surface area contributed by atoms with E-state index in [1.54, 1.807) is 18.5 Å². The highest BCUT2D eigenvalue weighted by molar-refractivity contribution is 5.92. The number of nitrogens with zero attached hydrogens (tertiary/aromatic N) is 5. The largest absolute Gasteiger partial charge is 0.490 e. The number of halogens is 3. The lowest BCUT2D eigenvalue weighted by Gasteiger charge is -2.27. The van der Waals surface area contributed by atoms with Crippen LogP contribution in [0.4, 0.5) is 13.2 Å². The van der Waals surface area contributed by atoms with Crippen molar-refractivity contribution < 1.29 is 27.9 Å². The van der Waals surface area contributed by atoms with Crippen molar-refractivity contribution >= 4 is 11.9 Å². The molecule has 0 spiro atoms. The molecular formula is C17H17F3N6O3. The second kappa shape index (κ2) is 8.20. The maximum absolute atomic E-state index is 12.4. The van der Waals surface area contributed by atoms with Crippen LogP contribution in [0.2, 0.25) is 0 Å². The Kier molecular flexibility index (Phi) is 5.71. The van der Waals surface area contributed by atoms with Crippen molar-refractivity contribution in [1.82, 2.24) is 29.2 Å². The second-order valence-corrected chi connectivity index (χ2v) is 6.16. The summed E-state index contributed by atoms with van der Waals surface area (Å²) in [6.07, 6.45) is 2.40. The highest BCUT2D eigenvalue weighted by Gasteiger charge is 2.38. The smallest absolute Gasteiger partial charge is 0.475 e. The summed E-state index contributed by atoms with van der Waals surface area (Å²) in [5.74, 6) is -1.81. The molecule has 3 aromatic heterocycles. The molecule has 0 saturated heterocycles. The van der Waals surface area contributed by atoms with Crippen molar-refractivity contribution in [2.24, 2.45) is 0 Å². The summed E-state index contributed by atoms with van der Waals surface area (Å²) >= 11 is 0. The topological polar surface area (TPSA) is 109 Å². The zero-order chi connectivity index (χ0) is 21.0. The molecule has 0 fully saturated rings. The van der Waals surface area contributed by atoms with Gasteiger partial charge < -0.3 is 19.6 Å². The molecule has 1 aliphatic rings. The Labute approximate surface area is 162 Å². The zero-order valence-electron chi connectivity index (χ0n) is 15.0. The van der Waals surface area contributed by atoms with E-state index in [-0.39, 0.29) is 5.91 Å². The van der Waals surface area contributed by atoms with Gasteiger partial charge in [0, 0.05) is 37.9 Å². The molecule has 0 atom stereocenters. The molecular weight excluding hydrogens is 393 g/mol. The summed E-state index contributed by atoms with van der Waals surface area (Å²) in [4.78, 5) is 30.7. The number of carboxylic acids is 1. The normalized spacial score (nSPS) is 13.4. The summed E-state index contributed by atoms with van der Waals surface area (Å²) in [7, 11) is 0. The number of aliphatic carboxylic acids is 1. The van der Waals surface area contributed by atoms with Crippen LogP contribution in [0, 0.1) is 0 Å². The lowest BCUT2D eigenvalue weighted by atomic mass is 10.3. The highest BCUT2D eigenvalue weighted by Crippen LogP contribution is 2.16. The Morgan fingerprint density at radius 2 is 2.00 bits per heavy atom. The number of rotatable bonds is 3. The van der Waals surface area contributed by atoms with E-state index in [2.05, 4.69) is 19.6 Å². The maximum atomic E-state index is 12.4. The molecule has 3 aromatic rings. The van der Waals surface area contributed by atoms with Gasteiger partial charge in [0.15, 0.2) is 0 Å². The zero-order valence-corrected chi connectivity index (χ0v) is 15.0. The molecule has 0 aromatic carbocycles.